The first-order chi connectivity index (χ1) is 11.7. The van der Waals surface area contributed by atoms with Crippen molar-refractivity contribution < 1.29 is 13.9 Å². The van der Waals surface area contributed by atoms with E-state index in [-0.39, 0.29) is 17.9 Å². The molecule has 6 nitrogen and oxygen atoms in total. The normalized spacial score (nSPS) is 22.4. The number of ether oxygens (including phenoxy) is 1. The topological polar surface area (TPSA) is 68.5 Å². The highest BCUT2D eigenvalue weighted by Crippen LogP contribution is 2.44. The van der Waals surface area contributed by atoms with Crippen LogP contribution in [-0.2, 0) is 9.53 Å². The summed E-state index contributed by atoms with van der Waals surface area (Å²) in [4.78, 5) is 15.1. The van der Waals surface area contributed by atoms with E-state index in [1.807, 2.05) is 23.1 Å². The molecular weight excluding hydrogens is 306 g/mol. The van der Waals surface area contributed by atoms with Gasteiger partial charge in [0.05, 0.1) is 19.1 Å². The second-order valence-electron chi connectivity index (χ2n) is 6.53. The van der Waals surface area contributed by atoms with Crippen molar-refractivity contribution in [1.29, 1.82) is 0 Å². The van der Waals surface area contributed by atoms with E-state index in [0.717, 1.165) is 18.4 Å². The average molecular weight is 327 g/mol. The van der Waals surface area contributed by atoms with Crippen molar-refractivity contribution in [2.45, 2.75) is 31.8 Å². The summed E-state index contributed by atoms with van der Waals surface area (Å²) in [6.07, 6.45) is 1.92. The average Bonchev–Trinajstić information content (AvgIpc) is 3.35. The Kier molecular flexibility index (Phi) is 4.06. The van der Waals surface area contributed by atoms with Gasteiger partial charge in [0, 0.05) is 13.5 Å². The lowest BCUT2D eigenvalue weighted by atomic mass is 9.92. The molecule has 0 N–H and O–H groups in total. The van der Waals surface area contributed by atoms with Crippen molar-refractivity contribution >= 4 is 5.91 Å². The third kappa shape index (κ3) is 3.06. The van der Waals surface area contributed by atoms with Gasteiger partial charge in [0.25, 0.3) is 0 Å². The van der Waals surface area contributed by atoms with Gasteiger partial charge in [0.1, 0.15) is 0 Å². The highest BCUT2D eigenvalue weighted by molar-refractivity contribution is 5.84. The Morgan fingerprint density at radius 1 is 1.25 bits per heavy atom. The lowest BCUT2D eigenvalue weighted by Gasteiger charge is -2.34. The Bertz CT molecular complexity index is 711. The van der Waals surface area contributed by atoms with E-state index in [9.17, 15) is 4.79 Å². The standard InChI is InChI=1S/C18H21N3O3/c1-12-19-20-17(24-12)15-11-21(9-10-23-15)18(22)16(14-7-8-14)13-5-3-2-4-6-13/h2-6,14-16H,7-11H2,1H3/t15-,16+/m1/s1. The predicted molar refractivity (Wildman–Crippen MR) is 86.2 cm³/mol. The lowest BCUT2D eigenvalue weighted by molar-refractivity contribution is -0.142. The number of rotatable bonds is 4. The van der Waals surface area contributed by atoms with E-state index in [0.29, 0.717) is 37.4 Å². The summed E-state index contributed by atoms with van der Waals surface area (Å²) in [5.74, 6) is 1.57. The van der Waals surface area contributed by atoms with Crippen molar-refractivity contribution in [3.05, 3.63) is 47.7 Å². The van der Waals surface area contributed by atoms with Crippen LogP contribution in [0.4, 0.5) is 0 Å². The van der Waals surface area contributed by atoms with Crippen LogP contribution in [0.1, 0.15) is 42.2 Å². The van der Waals surface area contributed by atoms with Gasteiger partial charge >= 0.3 is 0 Å². The summed E-state index contributed by atoms with van der Waals surface area (Å²) in [7, 11) is 0. The second kappa shape index (κ2) is 6.36. The molecule has 0 unspecified atom stereocenters. The highest BCUT2D eigenvalue weighted by atomic mass is 16.5. The Balaban J connectivity index is 1.52. The van der Waals surface area contributed by atoms with Gasteiger partial charge in [-0.15, -0.1) is 10.2 Å². The summed E-state index contributed by atoms with van der Waals surface area (Å²) in [5, 5.41) is 7.89. The van der Waals surface area contributed by atoms with E-state index in [1.54, 1.807) is 6.92 Å². The van der Waals surface area contributed by atoms with Crippen molar-refractivity contribution in [1.82, 2.24) is 15.1 Å². The Labute approximate surface area is 140 Å². The zero-order chi connectivity index (χ0) is 16.5. The van der Waals surface area contributed by atoms with Crippen molar-refractivity contribution in [3.8, 4) is 0 Å². The number of aromatic nitrogens is 2. The van der Waals surface area contributed by atoms with Gasteiger partial charge in [-0.2, -0.15) is 0 Å². The molecule has 1 aromatic heterocycles. The summed E-state index contributed by atoms with van der Waals surface area (Å²) in [6, 6.07) is 10.1. The number of carbonyl (C=O) groups is 1. The van der Waals surface area contributed by atoms with Crippen molar-refractivity contribution in [2.24, 2.45) is 5.92 Å². The number of amides is 1. The van der Waals surface area contributed by atoms with Crippen LogP contribution < -0.4 is 0 Å². The van der Waals surface area contributed by atoms with Crippen LogP contribution >= 0.6 is 0 Å². The van der Waals surface area contributed by atoms with Crippen LogP contribution in [0.25, 0.3) is 0 Å². The van der Waals surface area contributed by atoms with Gasteiger partial charge in [0.2, 0.25) is 17.7 Å². The zero-order valence-corrected chi connectivity index (χ0v) is 13.7. The summed E-state index contributed by atoms with van der Waals surface area (Å²) in [6.45, 7) is 3.32. The molecule has 2 fully saturated rings. The molecule has 1 saturated carbocycles. The maximum Gasteiger partial charge on any atom is 0.246 e. The summed E-state index contributed by atoms with van der Waals surface area (Å²) >= 11 is 0. The minimum atomic E-state index is -0.334. The number of hydrogen-bond acceptors (Lipinski definition) is 5. The number of aryl methyl sites for hydroxylation is 1. The quantitative estimate of drug-likeness (QED) is 0.863. The lowest BCUT2D eigenvalue weighted by Crippen LogP contribution is -2.44. The number of nitrogens with zero attached hydrogens (tertiary/aromatic N) is 3. The van der Waals surface area contributed by atoms with Crippen LogP contribution in [0.15, 0.2) is 34.7 Å². The van der Waals surface area contributed by atoms with Crippen LogP contribution in [0, 0.1) is 12.8 Å². The second-order valence-corrected chi connectivity index (χ2v) is 6.53. The fourth-order valence-electron chi connectivity index (χ4n) is 3.34. The smallest absolute Gasteiger partial charge is 0.246 e. The maximum absolute atomic E-state index is 13.2. The highest BCUT2D eigenvalue weighted by Gasteiger charge is 2.41. The summed E-state index contributed by atoms with van der Waals surface area (Å²) in [5.41, 5.74) is 1.11. The molecule has 1 aliphatic carbocycles. The Hall–Kier alpha value is -2.21. The van der Waals surface area contributed by atoms with E-state index in [1.165, 1.54) is 0 Å². The van der Waals surface area contributed by atoms with Crippen molar-refractivity contribution in [2.75, 3.05) is 19.7 Å². The molecule has 1 aromatic carbocycles. The minimum Gasteiger partial charge on any atom is -0.423 e. The minimum absolute atomic E-state index is 0.0469. The molecular formula is C18H21N3O3. The van der Waals surface area contributed by atoms with E-state index < -0.39 is 0 Å². The molecule has 24 heavy (non-hydrogen) atoms. The largest absolute Gasteiger partial charge is 0.423 e. The molecule has 1 amide bonds. The van der Waals surface area contributed by atoms with Crippen LogP contribution in [-0.4, -0.2) is 40.7 Å². The van der Waals surface area contributed by atoms with Gasteiger partial charge in [-0.1, -0.05) is 30.3 Å². The molecule has 0 radical (unpaired) electrons. The first kappa shape index (κ1) is 15.3. The molecule has 2 atom stereocenters. The predicted octanol–water partition coefficient (Wildman–Crippen LogP) is 2.47. The molecule has 2 heterocycles. The molecule has 1 aliphatic heterocycles. The number of hydrogen-bond donors (Lipinski definition) is 0. The van der Waals surface area contributed by atoms with Crippen LogP contribution in [0.3, 0.4) is 0 Å². The number of carbonyl (C=O) groups excluding carboxylic acids is 1. The Morgan fingerprint density at radius 2 is 2.04 bits per heavy atom. The van der Waals surface area contributed by atoms with Gasteiger partial charge in [-0.3, -0.25) is 4.79 Å². The van der Waals surface area contributed by atoms with E-state index >= 15 is 0 Å². The Morgan fingerprint density at radius 3 is 2.71 bits per heavy atom. The molecule has 4 rings (SSSR count). The number of morpholine rings is 1. The monoisotopic (exact) mass is 327 g/mol. The third-order valence-electron chi connectivity index (χ3n) is 4.71. The van der Waals surface area contributed by atoms with E-state index in [4.69, 9.17) is 9.15 Å². The molecule has 2 aliphatic rings. The first-order valence-electron chi connectivity index (χ1n) is 8.47. The molecule has 0 bridgehead atoms. The molecule has 2 aromatic rings. The fourth-order valence-corrected chi connectivity index (χ4v) is 3.34. The SMILES string of the molecule is Cc1nnc([C@H]2CN(C(=O)[C@@H](c3ccccc3)C3CC3)CCO2)o1. The molecule has 1 saturated heterocycles. The first-order valence-corrected chi connectivity index (χ1v) is 8.47. The van der Waals surface area contributed by atoms with Gasteiger partial charge in [-0.05, 0) is 24.3 Å². The van der Waals surface area contributed by atoms with Crippen LogP contribution in [0.5, 0.6) is 0 Å². The molecule has 0 spiro atoms. The summed E-state index contributed by atoms with van der Waals surface area (Å²) < 4.78 is 11.2. The molecule has 126 valence electrons. The van der Waals surface area contributed by atoms with Crippen molar-refractivity contribution in [3.63, 3.8) is 0 Å². The maximum atomic E-state index is 13.2. The fraction of sp³-hybridized carbons (Fsp3) is 0.500. The third-order valence-corrected chi connectivity index (χ3v) is 4.71. The van der Waals surface area contributed by atoms with Gasteiger partial charge < -0.3 is 14.1 Å². The van der Waals surface area contributed by atoms with E-state index in [2.05, 4.69) is 22.3 Å². The van der Waals surface area contributed by atoms with Gasteiger partial charge in [-0.25, -0.2) is 0 Å². The number of benzene rings is 1. The molecule has 6 heteroatoms. The van der Waals surface area contributed by atoms with Gasteiger partial charge in [0.15, 0.2) is 6.10 Å². The van der Waals surface area contributed by atoms with Crippen LogP contribution in [0.2, 0.25) is 0 Å². The zero-order valence-electron chi connectivity index (χ0n) is 13.7.